The molecule has 130 valence electrons. The van der Waals surface area contributed by atoms with Crippen LogP contribution in [0.4, 0.5) is 16.2 Å². The highest BCUT2D eigenvalue weighted by atomic mass is 16.6. The molecule has 1 aliphatic heterocycles. The van der Waals surface area contributed by atoms with Crippen molar-refractivity contribution in [2.75, 3.05) is 19.0 Å². The molecule has 25 heavy (non-hydrogen) atoms. The Bertz CT molecular complexity index is 851. The number of esters is 1. The van der Waals surface area contributed by atoms with Crippen LogP contribution in [-0.2, 0) is 9.53 Å². The number of nitrogens with one attached hydrogen (secondary N) is 1. The Morgan fingerprint density at radius 1 is 1.24 bits per heavy atom. The number of methoxy groups -OCH3 is 1. The second-order valence-electron chi connectivity index (χ2n) is 5.74. The fourth-order valence-corrected chi connectivity index (χ4v) is 3.13. The van der Waals surface area contributed by atoms with E-state index in [0.717, 1.165) is 0 Å². The first kappa shape index (κ1) is 16.7. The molecule has 0 bridgehead atoms. The van der Waals surface area contributed by atoms with Gasteiger partial charge >= 0.3 is 12.0 Å². The second-order valence-corrected chi connectivity index (χ2v) is 5.74. The van der Waals surface area contributed by atoms with E-state index in [9.17, 15) is 19.7 Å². The number of likely N-dealkylation sites (tertiary alicyclic amines) is 1. The predicted molar refractivity (Wildman–Crippen MR) is 91.4 cm³/mol. The molecule has 1 fully saturated rings. The highest BCUT2D eigenvalue weighted by molar-refractivity contribution is 6.05. The lowest BCUT2D eigenvalue weighted by molar-refractivity contribution is -0.383. The number of carbonyl (C=O) groups excluding carboxylic acids is 2. The average molecular weight is 343 g/mol. The van der Waals surface area contributed by atoms with Gasteiger partial charge in [0.05, 0.1) is 23.1 Å². The maximum atomic E-state index is 12.6. The summed E-state index contributed by atoms with van der Waals surface area (Å²) < 4.78 is 4.74. The van der Waals surface area contributed by atoms with Gasteiger partial charge in [-0.25, -0.2) is 9.59 Å². The lowest BCUT2D eigenvalue weighted by Gasteiger charge is -2.23. The largest absolute Gasteiger partial charge is 0.467 e. The molecule has 0 aliphatic carbocycles. The van der Waals surface area contributed by atoms with Gasteiger partial charge in [0.15, 0.2) is 0 Å². The molecule has 2 amide bonds. The van der Waals surface area contributed by atoms with Crippen LogP contribution in [0.3, 0.4) is 0 Å². The summed E-state index contributed by atoms with van der Waals surface area (Å²) in [6.07, 6.45) is 1.27. The van der Waals surface area contributed by atoms with Gasteiger partial charge in [0.25, 0.3) is 5.69 Å². The van der Waals surface area contributed by atoms with E-state index in [1.807, 2.05) is 0 Å². The van der Waals surface area contributed by atoms with Crippen molar-refractivity contribution >= 4 is 34.1 Å². The SMILES string of the molecule is COC(=O)[C@@H]1CCCN1C(=O)Nc1ccc([N+](=O)[O-])c2ccccc12. The molecule has 8 heteroatoms. The normalized spacial score (nSPS) is 16.7. The number of ether oxygens (including phenoxy) is 1. The van der Waals surface area contributed by atoms with Gasteiger partial charge in [0.1, 0.15) is 6.04 Å². The number of amides is 2. The van der Waals surface area contributed by atoms with Crippen molar-refractivity contribution in [3.05, 3.63) is 46.5 Å². The van der Waals surface area contributed by atoms with E-state index in [0.29, 0.717) is 35.8 Å². The van der Waals surface area contributed by atoms with E-state index in [2.05, 4.69) is 5.32 Å². The number of anilines is 1. The molecule has 0 spiro atoms. The number of non-ortho nitro benzene ring substituents is 1. The summed E-state index contributed by atoms with van der Waals surface area (Å²) in [5, 5.41) is 14.9. The van der Waals surface area contributed by atoms with E-state index < -0.39 is 23.0 Å². The number of carbonyl (C=O) groups is 2. The highest BCUT2D eigenvalue weighted by Crippen LogP contribution is 2.32. The lowest BCUT2D eigenvalue weighted by atomic mass is 10.1. The zero-order valence-corrected chi connectivity index (χ0v) is 13.6. The third-order valence-corrected chi connectivity index (χ3v) is 4.33. The molecule has 1 N–H and O–H groups in total. The first-order chi connectivity index (χ1) is 12.0. The zero-order valence-electron chi connectivity index (χ0n) is 13.6. The Morgan fingerprint density at radius 2 is 1.96 bits per heavy atom. The quantitative estimate of drug-likeness (QED) is 0.524. The van der Waals surface area contributed by atoms with Crippen molar-refractivity contribution in [2.45, 2.75) is 18.9 Å². The Morgan fingerprint density at radius 3 is 2.64 bits per heavy atom. The van der Waals surface area contributed by atoms with Crippen LogP contribution in [0.1, 0.15) is 12.8 Å². The van der Waals surface area contributed by atoms with Gasteiger partial charge < -0.3 is 15.0 Å². The van der Waals surface area contributed by atoms with Crippen molar-refractivity contribution in [1.29, 1.82) is 0 Å². The summed E-state index contributed by atoms with van der Waals surface area (Å²) in [4.78, 5) is 36.5. The lowest BCUT2D eigenvalue weighted by Crippen LogP contribution is -2.43. The maximum absolute atomic E-state index is 12.6. The van der Waals surface area contributed by atoms with Crippen LogP contribution in [0.15, 0.2) is 36.4 Å². The maximum Gasteiger partial charge on any atom is 0.328 e. The van der Waals surface area contributed by atoms with Gasteiger partial charge in [0, 0.05) is 18.0 Å². The van der Waals surface area contributed by atoms with Gasteiger partial charge in [-0.05, 0) is 25.0 Å². The number of hydrogen-bond acceptors (Lipinski definition) is 5. The van der Waals surface area contributed by atoms with Crippen LogP contribution in [0.25, 0.3) is 10.8 Å². The standard InChI is InChI=1S/C17H17N3O5/c1-25-16(21)15-7-4-10-19(15)17(22)18-13-8-9-14(20(23)24)12-6-3-2-5-11(12)13/h2-3,5-6,8-9,15H,4,7,10H2,1H3,(H,18,22)/t15-/m0/s1. The van der Waals surface area contributed by atoms with Crippen molar-refractivity contribution < 1.29 is 19.2 Å². The monoisotopic (exact) mass is 343 g/mol. The number of fused-ring (bicyclic) bond motifs is 1. The minimum Gasteiger partial charge on any atom is -0.467 e. The van der Waals surface area contributed by atoms with Crippen LogP contribution in [0.2, 0.25) is 0 Å². The van der Waals surface area contributed by atoms with E-state index >= 15 is 0 Å². The third kappa shape index (κ3) is 3.10. The number of benzene rings is 2. The van der Waals surface area contributed by atoms with E-state index in [4.69, 9.17) is 4.74 Å². The Hall–Kier alpha value is -3.16. The molecule has 3 rings (SSSR count). The Balaban J connectivity index is 1.91. The molecule has 0 radical (unpaired) electrons. The van der Waals surface area contributed by atoms with Gasteiger partial charge in [-0.15, -0.1) is 0 Å². The molecule has 1 saturated heterocycles. The average Bonchev–Trinajstić information content (AvgIpc) is 3.11. The fraction of sp³-hybridized carbons (Fsp3) is 0.294. The van der Waals surface area contributed by atoms with E-state index in [-0.39, 0.29) is 5.69 Å². The summed E-state index contributed by atoms with van der Waals surface area (Å²) in [7, 11) is 1.29. The van der Waals surface area contributed by atoms with Gasteiger partial charge in [-0.3, -0.25) is 10.1 Å². The molecule has 8 nitrogen and oxygen atoms in total. The number of nitro benzene ring substituents is 1. The first-order valence-corrected chi connectivity index (χ1v) is 7.84. The molecule has 1 atom stereocenters. The predicted octanol–water partition coefficient (Wildman–Crippen LogP) is 2.92. The van der Waals surface area contributed by atoms with Crippen LogP contribution < -0.4 is 5.32 Å². The molecule has 0 aromatic heterocycles. The molecular weight excluding hydrogens is 326 g/mol. The number of nitro groups is 1. The van der Waals surface area contributed by atoms with Crippen molar-refractivity contribution in [1.82, 2.24) is 4.90 Å². The van der Waals surface area contributed by atoms with Gasteiger partial charge in [-0.2, -0.15) is 0 Å². The van der Waals surface area contributed by atoms with Crippen LogP contribution in [0, 0.1) is 10.1 Å². The van der Waals surface area contributed by atoms with Gasteiger partial charge in [0.2, 0.25) is 0 Å². The summed E-state index contributed by atoms with van der Waals surface area (Å²) in [5.41, 5.74) is 0.434. The molecule has 0 saturated carbocycles. The molecule has 1 aliphatic rings. The van der Waals surface area contributed by atoms with Crippen LogP contribution in [0.5, 0.6) is 0 Å². The van der Waals surface area contributed by atoms with Crippen molar-refractivity contribution in [2.24, 2.45) is 0 Å². The van der Waals surface area contributed by atoms with Gasteiger partial charge in [-0.1, -0.05) is 18.2 Å². The number of nitrogens with zero attached hydrogens (tertiary/aromatic N) is 2. The molecule has 1 heterocycles. The minimum absolute atomic E-state index is 0.0257. The fourth-order valence-electron chi connectivity index (χ4n) is 3.13. The molecular formula is C17H17N3O5. The zero-order chi connectivity index (χ0) is 18.0. The second kappa shape index (κ2) is 6.76. The summed E-state index contributed by atoms with van der Waals surface area (Å²) in [5.74, 6) is -0.443. The van der Waals surface area contributed by atoms with Crippen molar-refractivity contribution in [3.8, 4) is 0 Å². The first-order valence-electron chi connectivity index (χ1n) is 7.84. The summed E-state index contributed by atoms with van der Waals surface area (Å²) in [6, 6.07) is 8.63. The minimum atomic E-state index is -0.602. The summed E-state index contributed by atoms with van der Waals surface area (Å²) in [6.45, 7) is 0.455. The number of hydrogen-bond donors (Lipinski definition) is 1. The Labute approximate surface area is 143 Å². The molecule has 0 unspecified atom stereocenters. The van der Waals surface area contributed by atoms with Crippen molar-refractivity contribution in [3.63, 3.8) is 0 Å². The summed E-state index contributed by atoms with van der Waals surface area (Å²) >= 11 is 0. The number of rotatable bonds is 3. The Kier molecular flexibility index (Phi) is 4.51. The topological polar surface area (TPSA) is 102 Å². The highest BCUT2D eigenvalue weighted by Gasteiger charge is 2.35. The smallest absolute Gasteiger partial charge is 0.328 e. The molecule has 2 aromatic carbocycles. The van der Waals surface area contributed by atoms with Crippen LogP contribution >= 0.6 is 0 Å². The molecule has 2 aromatic rings. The van der Waals surface area contributed by atoms with E-state index in [1.165, 1.54) is 24.1 Å². The van der Waals surface area contributed by atoms with Crippen LogP contribution in [-0.4, -0.2) is 41.5 Å². The third-order valence-electron chi connectivity index (χ3n) is 4.33. The van der Waals surface area contributed by atoms with E-state index in [1.54, 1.807) is 24.3 Å². The number of urea groups is 1.